The molecule has 0 fully saturated rings. The third-order valence-electron chi connectivity index (χ3n) is 4.24. The molecule has 3 aromatic carbocycles. The molecule has 2 nitrogen and oxygen atoms in total. The van der Waals surface area contributed by atoms with E-state index in [4.69, 9.17) is 0 Å². The van der Waals surface area contributed by atoms with Crippen molar-refractivity contribution in [2.24, 2.45) is 0 Å². The van der Waals surface area contributed by atoms with Gasteiger partial charge in [-0.3, -0.25) is 0 Å². The Morgan fingerprint density at radius 2 is 1.33 bits per heavy atom. The van der Waals surface area contributed by atoms with Crippen LogP contribution in [0.5, 0.6) is 0 Å². The van der Waals surface area contributed by atoms with Crippen molar-refractivity contribution in [2.75, 3.05) is 5.32 Å². The molecule has 2 atom stereocenters. The SMILES string of the molecule is Cc1ccc(C(CC(O)c2ccccc2)Nc2ccccc2)cc1. The predicted molar refractivity (Wildman–Crippen MR) is 100 cm³/mol. The third kappa shape index (κ3) is 4.24. The Kier molecular flexibility index (Phi) is 5.29. The molecule has 24 heavy (non-hydrogen) atoms. The monoisotopic (exact) mass is 317 g/mol. The number of aliphatic hydroxyl groups is 1. The fraction of sp³-hybridized carbons (Fsp3) is 0.182. The highest BCUT2D eigenvalue weighted by Crippen LogP contribution is 2.29. The van der Waals surface area contributed by atoms with Gasteiger partial charge in [-0.15, -0.1) is 0 Å². The first-order valence-electron chi connectivity index (χ1n) is 8.33. The van der Waals surface area contributed by atoms with Gasteiger partial charge in [0.25, 0.3) is 0 Å². The van der Waals surface area contributed by atoms with E-state index in [0.29, 0.717) is 6.42 Å². The average molecular weight is 317 g/mol. The highest BCUT2D eigenvalue weighted by atomic mass is 16.3. The highest BCUT2D eigenvalue weighted by Gasteiger charge is 2.17. The fourth-order valence-electron chi connectivity index (χ4n) is 2.85. The molecule has 0 aromatic heterocycles. The van der Waals surface area contributed by atoms with E-state index in [1.165, 1.54) is 11.1 Å². The predicted octanol–water partition coefficient (Wildman–Crippen LogP) is 5.27. The Hall–Kier alpha value is -2.58. The van der Waals surface area contributed by atoms with E-state index < -0.39 is 6.10 Å². The first kappa shape index (κ1) is 16.3. The van der Waals surface area contributed by atoms with Crippen molar-refractivity contribution in [1.82, 2.24) is 0 Å². The summed E-state index contributed by atoms with van der Waals surface area (Å²) in [4.78, 5) is 0. The topological polar surface area (TPSA) is 32.3 Å². The van der Waals surface area contributed by atoms with Crippen molar-refractivity contribution in [3.05, 3.63) is 102 Å². The zero-order valence-corrected chi connectivity index (χ0v) is 13.9. The van der Waals surface area contributed by atoms with Crippen LogP contribution >= 0.6 is 0 Å². The molecule has 0 aliphatic carbocycles. The lowest BCUT2D eigenvalue weighted by Crippen LogP contribution is -2.15. The third-order valence-corrected chi connectivity index (χ3v) is 4.24. The number of anilines is 1. The van der Waals surface area contributed by atoms with Gasteiger partial charge in [-0.05, 0) is 30.2 Å². The minimum Gasteiger partial charge on any atom is -0.388 e. The van der Waals surface area contributed by atoms with Gasteiger partial charge >= 0.3 is 0 Å². The second-order valence-corrected chi connectivity index (χ2v) is 6.14. The summed E-state index contributed by atoms with van der Waals surface area (Å²) in [6.45, 7) is 2.09. The number of nitrogens with one attached hydrogen (secondary N) is 1. The molecule has 0 spiro atoms. The standard InChI is InChI=1S/C22H23NO/c1-17-12-14-18(15-13-17)21(23-20-10-6-3-7-11-20)16-22(24)19-8-4-2-5-9-19/h2-15,21-24H,16H2,1H3. The summed E-state index contributed by atoms with van der Waals surface area (Å²) < 4.78 is 0. The van der Waals surface area contributed by atoms with Gasteiger partial charge in [0.1, 0.15) is 0 Å². The maximum Gasteiger partial charge on any atom is 0.0812 e. The summed E-state index contributed by atoms with van der Waals surface area (Å²) in [7, 11) is 0. The zero-order valence-electron chi connectivity index (χ0n) is 13.9. The van der Waals surface area contributed by atoms with Gasteiger partial charge in [-0.25, -0.2) is 0 Å². The summed E-state index contributed by atoms with van der Waals surface area (Å²) in [5.41, 5.74) is 4.42. The van der Waals surface area contributed by atoms with Crippen LogP contribution in [0.25, 0.3) is 0 Å². The van der Waals surface area contributed by atoms with Gasteiger partial charge in [0, 0.05) is 12.1 Å². The zero-order chi connectivity index (χ0) is 16.8. The van der Waals surface area contributed by atoms with Gasteiger partial charge in [0.15, 0.2) is 0 Å². The van der Waals surface area contributed by atoms with Gasteiger partial charge < -0.3 is 10.4 Å². The molecule has 0 heterocycles. The highest BCUT2D eigenvalue weighted by molar-refractivity contribution is 5.45. The van der Waals surface area contributed by atoms with E-state index in [9.17, 15) is 5.11 Å². The van der Waals surface area contributed by atoms with Crippen LogP contribution in [0.2, 0.25) is 0 Å². The minimum atomic E-state index is -0.506. The quantitative estimate of drug-likeness (QED) is 0.649. The van der Waals surface area contributed by atoms with E-state index >= 15 is 0 Å². The van der Waals surface area contributed by atoms with E-state index in [-0.39, 0.29) is 6.04 Å². The van der Waals surface area contributed by atoms with Crippen molar-refractivity contribution >= 4 is 5.69 Å². The first-order valence-corrected chi connectivity index (χ1v) is 8.33. The van der Waals surface area contributed by atoms with Crippen LogP contribution < -0.4 is 5.32 Å². The van der Waals surface area contributed by atoms with Crippen LogP contribution in [-0.4, -0.2) is 5.11 Å². The molecule has 2 heteroatoms. The fourth-order valence-corrected chi connectivity index (χ4v) is 2.85. The number of hydrogen-bond acceptors (Lipinski definition) is 2. The van der Waals surface area contributed by atoms with Crippen molar-refractivity contribution in [3.63, 3.8) is 0 Å². The molecule has 0 radical (unpaired) electrons. The van der Waals surface area contributed by atoms with E-state index in [1.807, 2.05) is 48.5 Å². The van der Waals surface area contributed by atoms with Gasteiger partial charge in [0.05, 0.1) is 12.1 Å². The molecule has 3 aromatic rings. The van der Waals surface area contributed by atoms with E-state index in [1.54, 1.807) is 0 Å². The summed E-state index contributed by atoms with van der Waals surface area (Å²) in [6, 6.07) is 28.5. The smallest absolute Gasteiger partial charge is 0.0812 e. The summed E-state index contributed by atoms with van der Waals surface area (Å²) in [6.07, 6.45) is 0.107. The number of para-hydroxylation sites is 1. The van der Waals surface area contributed by atoms with Crippen LogP contribution in [-0.2, 0) is 0 Å². The summed E-state index contributed by atoms with van der Waals surface area (Å²) in [5.74, 6) is 0. The number of aliphatic hydroxyl groups excluding tert-OH is 1. The Morgan fingerprint density at radius 3 is 1.96 bits per heavy atom. The van der Waals surface area contributed by atoms with E-state index in [2.05, 4.69) is 48.6 Å². The number of hydrogen-bond donors (Lipinski definition) is 2. The lowest BCUT2D eigenvalue weighted by Gasteiger charge is -2.24. The van der Waals surface area contributed by atoms with Crippen LogP contribution in [0.1, 0.15) is 35.3 Å². The maximum absolute atomic E-state index is 10.6. The van der Waals surface area contributed by atoms with Crippen LogP contribution in [0.15, 0.2) is 84.9 Å². The largest absolute Gasteiger partial charge is 0.388 e. The molecule has 2 N–H and O–H groups in total. The second kappa shape index (κ2) is 7.80. The number of rotatable bonds is 6. The summed E-state index contributed by atoms with van der Waals surface area (Å²) >= 11 is 0. The molecular formula is C22H23NO. The molecule has 0 aliphatic heterocycles. The van der Waals surface area contributed by atoms with Gasteiger partial charge in [0.2, 0.25) is 0 Å². The Morgan fingerprint density at radius 1 is 0.750 bits per heavy atom. The Balaban J connectivity index is 1.82. The lowest BCUT2D eigenvalue weighted by atomic mass is 9.96. The van der Waals surface area contributed by atoms with Crippen molar-refractivity contribution in [3.8, 4) is 0 Å². The van der Waals surface area contributed by atoms with Crippen LogP contribution in [0, 0.1) is 6.92 Å². The number of benzene rings is 3. The molecule has 0 saturated carbocycles. The second-order valence-electron chi connectivity index (χ2n) is 6.14. The molecule has 122 valence electrons. The number of aryl methyl sites for hydroxylation is 1. The molecule has 0 amide bonds. The molecule has 2 unspecified atom stereocenters. The van der Waals surface area contributed by atoms with Gasteiger partial charge in [-0.1, -0.05) is 78.4 Å². The molecule has 3 rings (SSSR count). The van der Waals surface area contributed by atoms with Crippen molar-refractivity contribution < 1.29 is 5.11 Å². The molecule has 0 bridgehead atoms. The maximum atomic E-state index is 10.6. The van der Waals surface area contributed by atoms with Crippen LogP contribution in [0.4, 0.5) is 5.69 Å². The molecule has 0 aliphatic rings. The normalized spacial score (nSPS) is 13.2. The molecular weight excluding hydrogens is 294 g/mol. The molecule has 0 saturated heterocycles. The van der Waals surface area contributed by atoms with Crippen LogP contribution in [0.3, 0.4) is 0 Å². The minimum absolute atomic E-state index is 0.0446. The van der Waals surface area contributed by atoms with Gasteiger partial charge in [-0.2, -0.15) is 0 Å². The van der Waals surface area contributed by atoms with Crippen molar-refractivity contribution in [2.45, 2.75) is 25.5 Å². The Labute approximate surface area is 143 Å². The average Bonchev–Trinajstić information content (AvgIpc) is 2.63. The van der Waals surface area contributed by atoms with Crippen molar-refractivity contribution in [1.29, 1.82) is 0 Å². The Bertz CT molecular complexity index is 738. The first-order chi connectivity index (χ1) is 11.7. The lowest BCUT2D eigenvalue weighted by molar-refractivity contribution is 0.160. The summed E-state index contributed by atoms with van der Waals surface area (Å²) in [5, 5.41) is 14.2. The van der Waals surface area contributed by atoms with E-state index in [0.717, 1.165) is 11.3 Å².